The fraction of sp³-hybridized carbons (Fsp3) is 0.480. The van der Waals surface area contributed by atoms with E-state index in [4.69, 9.17) is 16.3 Å². The van der Waals surface area contributed by atoms with E-state index in [1.165, 1.54) is 24.3 Å². The van der Waals surface area contributed by atoms with Crippen molar-refractivity contribution in [1.82, 2.24) is 9.62 Å². The molecule has 1 aliphatic carbocycles. The molecular formula is C25H28ClF3N2O4S. The number of benzene rings is 2. The third kappa shape index (κ3) is 6.52. The Labute approximate surface area is 213 Å². The Morgan fingerprint density at radius 3 is 2.44 bits per heavy atom. The molecule has 0 radical (unpaired) electrons. The largest absolute Gasteiger partial charge is 0.493 e. The molecule has 196 valence electrons. The van der Waals surface area contributed by atoms with Gasteiger partial charge in [-0.05, 0) is 79.9 Å². The lowest BCUT2D eigenvalue weighted by Crippen LogP contribution is -2.39. The highest BCUT2D eigenvalue weighted by molar-refractivity contribution is 7.89. The van der Waals surface area contributed by atoms with Crippen LogP contribution in [0, 0.1) is 17.6 Å². The lowest BCUT2D eigenvalue weighted by atomic mass is 9.95. The Morgan fingerprint density at radius 1 is 1.17 bits per heavy atom. The number of carbonyl (C=O) groups is 1. The molecule has 1 aliphatic heterocycles. The fourth-order valence-electron chi connectivity index (χ4n) is 4.60. The first-order valence-corrected chi connectivity index (χ1v) is 14.1. The molecular weight excluding hydrogens is 517 g/mol. The Hall–Kier alpha value is -2.30. The molecule has 2 aromatic rings. The summed E-state index contributed by atoms with van der Waals surface area (Å²) in [6.07, 6.45) is 4.04. The standard InChI is InChI=1S/C25H28ClF3N2O4S/c1-36(33,34)30-25(32)20-11-19(16-2-3-16)24(12-22(20)29)35-14-15-6-8-31(9-7-15)23(13-27)18-5-4-17(28)10-21(18)26/h4-5,10-12,15-16,23H,2-3,6-9,13-14H2,1H3,(H,30,32). The summed E-state index contributed by atoms with van der Waals surface area (Å²) in [4.78, 5) is 14.2. The smallest absolute Gasteiger partial charge is 0.267 e. The van der Waals surface area contributed by atoms with Crippen LogP contribution in [-0.4, -0.2) is 51.9 Å². The normalized spacial score (nSPS) is 18.1. The van der Waals surface area contributed by atoms with Gasteiger partial charge in [-0.25, -0.2) is 26.3 Å². The van der Waals surface area contributed by atoms with Crippen molar-refractivity contribution in [3.8, 4) is 5.75 Å². The first-order valence-electron chi connectivity index (χ1n) is 11.8. The Morgan fingerprint density at radius 2 is 1.86 bits per heavy atom. The monoisotopic (exact) mass is 544 g/mol. The van der Waals surface area contributed by atoms with E-state index in [2.05, 4.69) is 0 Å². The van der Waals surface area contributed by atoms with Gasteiger partial charge in [0.05, 0.1) is 24.5 Å². The molecule has 2 aromatic carbocycles. The Balaban J connectivity index is 1.39. The van der Waals surface area contributed by atoms with Gasteiger partial charge in [0.25, 0.3) is 5.91 Å². The minimum Gasteiger partial charge on any atom is -0.493 e. The lowest BCUT2D eigenvalue weighted by molar-refractivity contribution is 0.0933. The first kappa shape index (κ1) is 26.8. The molecule has 2 fully saturated rings. The minimum absolute atomic E-state index is 0.137. The SMILES string of the molecule is CS(=O)(=O)NC(=O)c1cc(C2CC2)c(OCC2CCN(C(CF)c3ccc(F)cc3Cl)CC2)cc1F. The van der Waals surface area contributed by atoms with Gasteiger partial charge in [-0.2, -0.15) is 0 Å². The first-order chi connectivity index (χ1) is 17.1. The summed E-state index contributed by atoms with van der Waals surface area (Å²) in [6, 6.07) is 5.95. The maximum absolute atomic E-state index is 14.7. The summed E-state index contributed by atoms with van der Waals surface area (Å²) in [5, 5.41) is 0.200. The topological polar surface area (TPSA) is 75.7 Å². The van der Waals surface area contributed by atoms with Crippen LogP contribution in [0.15, 0.2) is 30.3 Å². The summed E-state index contributed by atoms with van der Waals surface area (Å²) >= 11 is 6.15. The van der Waals surface area contributed by atoms with E-state index >= 15 is 0 Å². The predicted molar refractivity (Wildman–Crippen MR) is 131 cm³/mol. The zero-order chi connectivity index (χ0) is 26.0. The number of hydrogen-bond acceptors (Lipinski definition) is 5. The third-order valence-electron chi connectivity index (χ3n) is 6.67. The molecule has 4 rings (SSSR count). The average molecular weight is 545 g/mol. The van der Waals surface area contributed by atoms with E-state index in [-0.39, 0.29) is 22.4 Å². The fourth-order valence-corrected chi connectivity index (χ4v) is 5.34. The maximum atomic E-state index is 14.7. The molecule has 1 atom stereocenters. The number of nitrogens with one attached hydrogen (secondary N) is 1. The van der Waals surface area contributed by atoms with Crippen LogP contribution < -0.4 is 9.46 Å². The number of amides is 1. The van der Waals surface area contributed by atoms with E-state index in [0.717, 1.165) is 38.0 Å². The molecule has 0 aromatic heterocycles. The molecule has 1 amide bonds. The van der Waals surface area contributed by atoms with Crippen LogP contribution in [0.3, 0.4) is 0 Å². The average Bonchev–Trinajstić information content (AvgIpc) is 3.64. The van der Waals surface area contributed by atoms with Crippen LogP contribution in [0.25, 0.3) is 0 Å². The van der Waals surface area contributed by atoms with Crippen LogP contribution in [0.4, 0.5) is 13.2 Å². The number of rotatable bonds is 9. The summed E-state index contributed by atoms with van der Waals surface area (Å²) in [5.74, 6) is -1.69. The number of likely N-dealkylation sites (tertiary alicyclic amines) is 1. The zero-order valence-electron chi connectivity index (χ0n) is 19.8. The third-order valence-corrected chi connectivity index (χ3v) is 7.55. The number of hydrogen-bond donors (Lipinski definition) is 1. The van der Waals surface area contributed by atoms with Crippen LogP contribution in [-0.2, 0) is 10.0 Å². The van der Waals surface area contributed by atoms with Crippen molar-refractivity contribution < 1.29 is 31.1 Å². The van der Waals surface area contributed by atoms with Crippen molar-refractivity contribution in [3.63, 3.8) is 0 Å². The highest BCUT2D eigenvalue weighted by Crippen LogP contribution is 2.45. The summed E-state index contributed by atoms with van der Waals surface area (Å²) in [6.45, 7) is 0.894. The Kier molecular flexibility index (Phi) is 8.16. The van der Waals surface area contributed by atoms with Crippen LogP contribution in [0.1, 0.15) is 59.1 Å². The minimum atomic E-state index is -3.82. The molecule has 1 saturated heterocycles. The zero-order valence-corrected chi connectivity index (χ0v) is 21.3. The summed E-state index contributed by atoms with van der Waals surface area (Å²) < 4.78 is 72.5. The number of carbonyl (C=O) groups excluding carboxylic acids is 1. The van der Waals surface area contributed by atoms with Crippen LogP contribution >= 0.6 is 11.6 Å². The lowest BCUT2D eigenvalue weighted by Gasteiger charge is -2.37. The van der Waals surface area contributed by atoms with E-state index in [0.29, 0.717) is 36.6 Å². The van der Waals surface area contributed by atoms with E-state index in [1.807, 2.05) is 4.90 Å². The summed E-state index contributed by atoms with van der Waals surface area (Å²) in [5.41, 5.74) is 0.912. The van der Waals surface area contributed by atoms with E-state index in [9.17, 15) is 26.4 Å². The van der Waals surface area contributed by atoms with Gasteiger partial charge < -0.3 is 4.74 Å². The van der Waals surface area contributed by atoms with E-state index in [1.54, 1.807) is 4.72 Å². The second kappa shape index (κ2) is 11.0. The maximum Gasteiger partial charge on any atom is 0.267 e. The quantitative estimate of drug-likeness (QED) is 0.481. The molecule has 0 spiro atoms. The second-order valence-electron chi connectivity index (χ2n) is 9.47. The molecule has 1 unspecified atom stereocenters. The molecule has 36 heavy (non-hydrogen) atoms. The van der Waals surface area contributed by atoms with Gasteiger partial charge in [-0.15, -0.1) is 0 Å². The van der Waals surface area contributed by atoms with Crippen molar-refractivity contribution in [2.24, 2.45) is 5.92 Å². The van der Waals surface area contributed by atoms with Crippen molar-refractivity contribution in [2.45, 2.75) is 37.6 Å². The second-order valence-corrected chi connectivity index (χ2v) is 11.6. The van der Waals surface area contributed by atoms with Gasteiger partial charge in [-0.3, -0.25) is 9.69 Å². The van der Waals surface area contributed by atoms with Crippen molar-refractivity contribution >= 4 is 27.5 Å². The number of halogens is 4. The number of piperidine rings is 1. The van der Waals surface area contributed by atoms with Crippen LogP contribution in [0.2, 0.25) is 5.02 Å². The molecule has 1 saturated carbocycles. The van der Waals surface area contributed by atoms with Crippen LogP contribution in [0.5, 0.6) is 5.75 Å². The van der Waals surface area contributed by atoms with Crippen molar-refractivity contribution in [3.05, 3.63) is 63.7 Å². The van der Waals surface area contributed by atoms with E-state index < -0.39 is 40.3 Å². The molecule has 2 aliphatic rings. The van der Waals surface area contributed by atoms with Gasteiger partial charge in [0.15, 0.2) is 0 Å². The van der Waals surface area contributed by atoms with Gasteiger partial charge >= 0.3 is 0 Å². The number of sulfonamides is 1. The molecule has 6 nitrogen and oxygen atoms in total. The number of alkyl halides is 1. The molecule has 11 heteroatoms. The number of nitrogens with zero attached hydrogens (tertiary/aromatic N) is 1. The number of ether oxygens (including phenoxy) is 1. The Bertz CT molecular complexity index is 1230. The predicted octanol–water partition coefficient (Wildman–Crippen LogP) is 4.99. The highest BCUT2D eigenvalue weighted by Gasteiger charge is 2.31. The van der Waals surface area contributed by atoms with Gasteiger partial charge in [0.1, 0.15) is 24.1 Å². The summed E-state index contributed by atoms with van der Waals surface area (Å²) in [7, 11) is -3.82. The van der Waals surface area contributed by atoms with Gasteiger partial charge in [-0.1, -0.05) is 17.7 Å². The highest BCUT2D eigenvalue weighted by atomic mass is 35.5. The van der Waals surface area contributed by atoms with Crippen molar-refractivity contribution in [1.29, 1.82) is 0 Å². The van der Waals surface area contributed by atoms with Gasteiger partial charge in [0, 0.05) is 11.1 Å². The molecule has 1 N–H and O–H groups in total. The molecule has 1 heterocycles. The van der Waals surface area contributed by atoms with Gasteiger partial charge in [0.2, 0.25) is 10.0 Å². The van der Waals surface area contributed by atoms with Crippen molar-refractivity contribution in [2.75, 3.05) is 32.6 Å². The molecule has 0 bridgehead atoms.